The van der Waals surface area contributed by atoms with Gasteiger partial charge in [-0.15, -0.1) is 16.4 Å². The quantitative estimate of drug-likeness (QED) is 0.422. The van der Waals surface area contributed by atoms with Crippen molar-refractivity contribution < 1.29 is 4.79 Å². The molecule has 0 aliphatic rings. The minimum atomic E-state index is -0.0965. The largest absolute Gasteiger partial charge is 0.336 e. The van der Waals surface area contributed by atoms with Crippen LogP contribution in [0.1, 0.15) is 23.5 Å². The van der Waals surface area contributed by atoms with Crippen molar-refractivity contribution in [3.63, 3.8) is 0 Å². The number of carbonyl (C=O) groups excluding carboxylic acids is 1. The zero-order valence-electron chi connectivity index (χ0n) is 16.1. The summed E-state index contributed by atoms with van der Waals surface area (Å²) in [6.07, 6.45) is 0. The third-order valence-corrected chi connectivity index (χ3v) is 6.79. The molecule has 1 amide bonds. The fraction of sp³-hybridized carbons (Fsp3) is 0.250. The van der Waals surface area contributed by atoms with Crippen LogP contribution in [0.5, 0.6) is 0 Å². The Kier molecular flexibility index (Phi) is 5.86. The number of tetrazole rings is 1. The number of fused-ring (bicyclic) bond motifs is 1. The number of rotatable bonds is 7. The standard InChI is InChI=1S/C20H20N6OS2/c1-14(19-21-16-10-6-7-11-17(16)29-19)25(2)18(27)13-28-20-22-23-24-26(20)12-15-8-4-3-5-9-15/h3-11,14H,12-13H2,1-2H3/t14-/m0/s1. The summed E-state index contributed by atoms with van der Waals surface area (Å²) in [5.74, 6) is 0.275. The Morgan fingerprint density at radius 1 is 1.17 bits per heavy atom. The number of hydrogen-bond donors (Lipinski definition) is 0. The average Bonchev–Trinajstić information content (AvgIpc) is 3.38. The van der Waals surface area contributed by atoms with Gasteiger partial charge < -0.3 is 4.90 Å². The van der Waals surface area contributed by atoms with Crippen LogP contribution in [0.4, 0.5) is 0 Å². The van der Waals surface area contributed by atoms with Gasteiger partial charge in [-0.2, -0.15) is 0 Å². The van der Waals surface area contributed by atoms with Crippen LogP contribution in [0.2, 0.25) is 0 Å². The molecule has 148 valence electrons. The molecule has 2 aromatic carbocycles. The first-order chi connectivity index (χ1) is 14.1. The Bertz CT molecular complexity index is 1080. The van der Waals surface area contributed by atoms with Crippen LogP contribution >= 0.6 is 23.1 Å². The molecule has 2 heterocycles. The summed E-state index contributed by atoms with van der Waals surface area (Å²) in [6, 6.07) is 17.9. The maximum atomic E-state index is 12.7. The van der Waals surface area contributed by atoms with Crippen molar-refractivity contribution in [2.75, 3.05) is 12.8 Å². The van der Waals surface area contributed by atoms with Gasteiger partial charge in [-0.05, 0) is 35.0 Å². The maximum Gasteiger partial charge on any atom is 0.233 e. The highest BCUT2D eigenvalue weighted by Gasteiger charge is 2.21. The molecule has 1 atom stereocenters. The van der Waals surface area contributed by atoms with Crippen LogP contribution in [-0.4, -0.2) is 48.8 Å². The van der Waals surface area contributed by atoms with Crippen molar-refractivity contribution in [1.82, 2.24) is 30.1 Å². The Morgan fingerprint density at radius 2 is 1.93 bits per heavy atom. The molecule has 9 heteroatoms. The molecule has 0 aliphatic heterocycles. The first-order valence-electron chi connectivity index (χ1n) is 9.16. The zero-order valence-corrected chi connectivity index (χ0v) is 17.7. The highest BCUT2D eigenvalue weighted by atomic mass is 32.2. The SMILES string of the molecule is C[C@@H](c1nc2ccccc2s1)N(C)C(=O)CSc1nnnn1Cc1ccccc1. The van der Waals surface area contributed by atoms with E-state index in [1.54, 1.807) is 20.9 Å². The normalized spacial score (nSPS) is 12.2. The summed E-state index contributed by atoms with van der Waals surface area (Å²) < 4.78 is 2.84. The van der Waals surface area contributed by atoms with Crippen molar-refractivity contribution in [2.24, 2.45) is 0 Å². The molecule has 0 saturated carbocycles. The van der Waals surface area contributed by atoms with E-state index in [4.69, 9.17) is 0 Å². The van der Waals surface area contributed by atoms with E-state index in [2.05, 4.69) is 20.5 Å². The molecule has 0 saturated heterocycles. The van der Waals surface area contributed by atoms with E-state index in [1.165, 1.54) is 11.8 Å². The van der Waals surface area contributed by atoms with Crippen LogP contribution in [0.25, 0.3) is 10.2 Å². The van der Waals surface area contributed by atoms with Crippen LogP contribution in [0.3, 0.4) is 0 Å². The Hall–Kier alpha value is -2.78. The van der Waals surface area contributed by atoms with Gasteiger partial charge in [0.05, 0.1) is 28.6 Å². The highest BCUT2D eigenvalue weighted by molar-refractivity contribution is 7.99. The Balaban J connectivity index is 1.39. The first kappa shape index (κ1) is 19.5. The summed E-state index contributed by atoms with van der Waals surface area (Å²) in [7, 11) is 1.81. The van der Waals surface area contributed by atoms with Crippen LogP contribution < -0.4 is 0 Å². The Labute approximate surface area is 176 Å². The van der Waals surface area contributed by atoms with E-state index < -0.39 is 0 Å². The number of thioether (sulfide) groups is 1. The minimum absolute atomic E-state index is 0.0102. The smallest absolute Gasteiger partial charge is 0.233 e. The zero-order chi connectivity index (χ0) is 20.2. The third-order valence-electron chi connectivity index (χ3n) is 4.64. The number of amides is 1. The summed E-state index contributed by atoms with van der Waals surface area (Å²) >= 11 is 2.97. The number of benzene rings is 2. The van der Waals surface area contributed by atoms with Crippen LogP contribution in [0, 0.1) is 0 Å². The molecule has 7 nitrogen and oxygen atoms in total. The molecule has 0 spiro atoms. The van der Waals surface area contributed by atoms with Gasteiger partial charge in [0.15, 0.2) is 0 Å². The summed E-state index contributed by atoms with van der Waals surface area (Å²) in [6.45, 7) is 2.57. The van der Waals surface area contributed by atoms with E-state index in [-0.39, 0.29) is 17.7 Å². The summed E-state index contributed by atoms with van der Waals surface area (Å²) in [5.41, 5.74) is 2.07. The molecule has 0 N–H and O–H groups in total. The molecular formula is C20H20N6OS2. The number of nitrogens with zero attached hydrogens (tertiary/aromatic N) is 6. The Morgan fingerprint density at radius 3 is 2.72 bits per heavy atom. The van der Waals surface area contributed by atoms with Crippen molar-refractivity contribution in [1.29, 1.82) is 0 Å². The monoisotopic (exact) mass is 424 g/mol. The molecule has 0 unspecified atom stereocenters. The van der Waals surface area contributed by atoms with Gasteiger partial charge >= 0.3 is 0 Å². The summed E-state index contributed by atoms with van der Waals surface area (Å²) in [5, 5.41) is 13.4. The lowest BCUT2D eigenvalue weighted by Gasteiger charge is -2.23. The molecule has 4 rings (SSSR count). The fourth-order valence-corrected chi connectivity index (χ4v) is 4.70. The predicted octanol–water partition coefficient (Wildman–Crippen LogP) is 3.64. The van der Waals surface area contributed by atoms with Gasteiger partial charge in [0.1, 0.15) is 5.01 Å². The minimum Gasteiger partial charge on any atom is -0.336 e. The number of aromatic nitrogens is 5. The topological polar surface area (TPSA) is 76.8 Å². The second kappa shape index (κ2) is 8.71. The fourth-order valence-electron chi connectivity index (χ4n) is 2.83. The molecule has 4 aromatic rings. The molecular weight excluding hydrogens is 404 g/mol. The lowest BCUT2D eigenvalue weighted by molar-refractivity contribution is -0.128. The lowest BCUT2D eigenvalue weighted by atomic mass is 10.2. The van der Waals surface area contributed by atoms with Gasteiger partial charge in [-0.25, -0.2) is 9.67 Å². The van der Waals surface area contributed by atoms with Crippen molar-refractivity contribution in [2.45, 2.75) is 24.7 Å². The number of hydrogen-bond acceptors (Lipinski definition) is 7. The van der Waals surface area contributed by atoms with E-state index in [0.717, 1.165) is 20.8 Å². The average molecular weight is 425 g/mol. The van der Waals surface area contributed by atoms with E-state index >= 15 is 0 Å². The van der Waals surface area contributed by atoms with Crippen molar-refractivity contribution >= 4 is 39.2 Å². The predicted molar refractivity (Wildman–Crippen MR) is 115 cm³/mol. The molecule has 0 radical (unpaired) electrons. The van der Waals surface area contributed by atoms with E-state index in [1.807, 2.05) is 68.6 Å². The van der Waals surface area contributed by atoms with Crippen LogP contribution in [0.15, 0.2) is 59.8 Å². The molecule has 0 fully saturated rings. The second-order valence-electron chi connectivity index (χ2n) is 6.59. The third kappa shape index (κ3) is 4.46. The molecule has 0 aliphatic carbocycles. The van der Waals surface area contributed by atoms with Gasteiger partial charge in [-0.1, -0.05) is 54.2 Å². The number of para-hydroxylation sites is 1. The highest BCUT2D eigenvalue weighted by Crippen LogP contribution is 2.29. The first-order valence-corrected chi connectivity index (χ1v) is 11.0. The van der Waals surface area contributed by atoms with E-state index in [0.29, 0.717) is 11.7 Å². The molecule has 0 bridgehead atoms. The van der Waals surface area contributed by atoms with Crippen LogP contribution in [-0.2, 0) is 11.3 Å². The van der Waals surface area contributed by atoms with Gasteiger partial charge in [-0.3, -0.25) is 4.79 Å². The van der Waals surface area contributed by atoms with Gasteiger partial charge in [0.25, 0.3) is 0 Å². The van der Waals surface area contributed by atoms with Gasteiger partial charge in [0.2, 0.25) is 11.1 Å². The van der Waals surface area contributed by atoms with Gasteiger partial charge in [0, 0.05) is 7.05 Å². The molecule has 2 aromatic heterocycles. The second-order valence-corrected chi connectivity index (χ2v) is 8.60. The van der Waals surface area contributed by atoms with E-state index in [9.17, 15) is 4.79 Å². The van der Waals surface area contributed by atoms with Crippen molar-refractivity contribution in [3.8, 4) is 0 Å². The van der Waals surface area contributed by atoms with Crippen molar-refractivity contribution in [3.05, 3.63) is 65.2 Å². The maximum absolute atomic E-state index is 12.7. The number of thiazole rings is 1. The molecule has 29 heavy (non-hydrogen) atoms. The summed E-state index contributed by atoms with van der Waals surface area (Å²) in [4.78, 5) is 19.1. The number of carbonyl (C=O) groups is 1. The lowest BCUT2D eigenvalue weighted by Crippen LogP contribution is -2.31.